The molecule has 0 unspecified atom stereocenters. The van der Waals surface area contributed by atoms with Crippen LogP contribution < -0.4 is 14.8 Å². The van der Waals surface area contributed by atoms with Crippen LogP contribution in [0.25, 0.3) is 11.5 Å². The maximum absolute atomic E-state index is 12.1. The van der Waals surface area contributed by atoms with E-state index in [1.165, 1.54) is 12.5 Å². The summed E-state index contributed by atoms with van der Waals surface area (Å²) in [6.45, 7) is 2.43. The molecule has 0 saturated heterocycles. The average Bonchev–Trinajstić information content (AvgIpc) is 3.12. The Morgan fingerprint density at radius 3 is 2.71 bits per heavy atom. The summed E-state index contributed by atoms with van der Waals surface area (Å²) in [4.78, 5) is 16.2. The van der Waals surface area contributed by atoms with Gasteiger partial charge in [0.25, 0.3) is 0 Å². The Balaban J connectivity index is 1.83. The highest BCUT2D eigenvalue weighted by Gasteiger charge is 2.14. The van der Waals surface area contributed by atoms with Crippen LogP contribution in [0.15, 0.2) is 65.4 Å². The lowest BCUT2D eigenvalue weighted by Crippen LogP contribution is -2.17. The molecule has 1 heterocycles. The Morgan fingerprint density at radius 2 is 2.00 bits per heavy atom. The van der Waals surface area contributed by atoms with Crippen LogP contribution in [0.2, 0.25) is 0 Å². The summed E-state index contributed by atoms with van der Waals surface area (Å²) in [7, 11) is 0. The van der Waals surface area contributed by atoms with E-state index in [0.717, 1.165) is 0 Å². The number of hydrogen-bond acceptors (Lipinski definition) is 5. The van der Waals surface area contributed by atoms with Crippen LogP contribution >= 0.6 is 0 Å². The van der Waals surface area contributed by atoms with Gasteiger partial charge in [0.1, 0.15) is 17.8 Å². The third kappa shape index (κ3) is 3.73. The number of oxazole rings is 1. The minimum Gasteiger partial charge on any atom is -0.494 e. The van der Waals surface area contributed by atoms with E-state index in [-0.39, 0.29) is 0 Å². The zero-order valence-electron chi connectivity index (χ0n) is 13.1. The number of nitrogens with zero attached hydrogens (tertiary/aromatic N) is 1. The normalized spacial score (nSPS) is 10.2. The fourth-order valence-electron chi connectivity index (χ4n) is 2.15. The molecule has 0 saturated carbocycles. The SMILES string of the molecule is CCOc1ccc(NC(=O)Oc2ccccc2)c(-c2ncco2)c1. The summed E-state index contributed by atoms with van der Waals surface area (Å²) in [6, 6.07) is 14.1. The molecule has 6 nitrogen and oxygen atoms in total. The molecule has 0 bridgehead atoms. The van der Waals surface area contributed by atoms with Crippen LogP contribution in [0.3, 0.4) is 0 Å². The molecule has 1 aromatic heterocycles. The maximum Gasteiger partial charge on any atom is 0.417 e. The molecule has 2 aromatic carbocycles. The molecule has 6 heteroatoms. The van der Waals surface area contributed by atoms with Crippen LogP contribution in [0.5, 0.6) is 11.5 Å². The third-order valence-corrected chi connectivity index (χ3v) is 3.16. The highest BCUT2D eigenvalue weighted by molar-refractivity contribution is 5.91. The van der Waals surface area contributed by atoms with E-state index in [2.05, 4.69) is 10.3 Å². The van der Waals surface area contributed by atoms with E-state index in [1.54, 1.807) is 42.5 Å². The van der Waals surface area contributed by atoms with Crippen molar-refractivity contribution in [2.75, 3.05) is 11.9 Å². The van der Waals surface area contributed by atoms with Gasteiger partial charge in [0, 0.05) is 0 Å². The van der Waals surface area contributed by atoms with Gasteiger partial charge in [-0.1, -0.05) is 18.2 Å². The van der Waals surface area contributed by atoms with Gasteiger partial charge in [0.15, 0.2) is 0 Å². The quantitative estimate of drug-likeness (QED) is 0.755. The second kappa shape index (κ2) is 7.32. The molecule has 1 amide bonds. The van der Waals surface area contributed by atoms with Gasteiger partial charge in [-0.3, -0.25) is 5.32 Å². The largest absolute Gasteiger partial charge is 0.494 e. The van der Waals surface area contributed by atoms with Crippen molar-refractivity contribution in [2.45, 2.75) is 6.92 Å². The molecule has 0 fully saturated rings. The predicted octanol–water partition coefficient (Wildman–Crippen LogP) is 4.35. The molecule has 0 spiro atoms. The van der Waals surface area contributed by atoms with Crippen molar-refractivity contribution >= 4 is 11.8 Å². The highest BCUT2D eigenvalue weighted by Crippen LogP contribution is 2.31. The first-order valence-electron chi connectivity index (χ1n) is 7.47. The highest BCUT2D eigenvalue weighted by atomic mass is 16.6. The molecule has 0 radical (unpaired) electrons. The molecule has 24 heavy (non-hydrogen) atoms. The lowest BCUT2D eigenvalue weighted by Gasteiger charge is -2.11. The van der Waals surface area contributed by atoms with E-state index in [1.807, 2.05) is 13.0 Å². The van der Waals surface area contributed by atoms with Crippen molar-refractivity contribution in [3.63, 3.8) is 0 Å². The van der Waals surface area contributed by atoms with Gasteiger partial charge in [-0.05, 0) is 37.3 Å². The number of hydrogen-bond donors (Lipinski definition) is 1. The van der Waals surface area contributed by atoms with Gasteiger partial charge in [-0.15, -0.1) is 0 Å². The standard InChI is InChI=1S/C18H16N2O4/c1-2-22-14-8-9-16(15(12-14)17-19-10-11-23-17)20-18(21)24-13-6-4-3-5-7-13/h3-12H,2H2,1H3,(H,20,21). The minimum atomic E-state index is -0.599. The Labute approximate surface area is 139 Å². The Morgan fingerprint density at radius 1 is 1.17 bits per heavy atom. The van der Waals surface area contributed by atoms with Crippen LogP contribution in [0.1, 0.15) is 6.92 Å². The summed E-state index contributed by atoms with van der Waals surface area (Å²) < 4.78 is 16.1. The number of ether oxygens (including phenoxy) is 2. The van der Waals surface area contributed by atoms with Crippen molar-refractivity contribution < 1.29 is 18.7 Å². The van der Waals surface area contributed by atoms with Gasteiger partial charge < -0.3 is 13.9 Å². The first-order valence-corrected chi connectivity index (χ1v) is 7.47. The number of carbonyl (C=O) groups is 1. The van der Waals surface area contributed by atoms with Gasteiger partial charge in [0.05, 0.1) is 24.1 Å². The molecule has 1 N–H and O–H groups in total. The van der Waals surface area contributed by atoms with Crippen LogP contribution in [-0.2, 0) is 0 Å². The zero-order chi connectivity index (χ0) is 16.8. The van der Waals surface area contributed by atoms with Crippen LogP contribution in [0, 0.1) is 0 Å². The monoisotopic (exact) mass is 324 g/mol. The van der Waals surface area contributed by atoms with Gasteiger partial charge >= 0.3 is 6.09 Å². The van der Waals surface area contributed by atoms with Crippen LogP contribution in [0.4, 0.5) is 10.5 Å². The molecule has 3 rings (SSSR count). The number of rotatable bonds is 5. The summed E-state index contributed by atoms with van der Waals surface area (Å²) in [5.41, 5.74) is 1.12. The number of aromatic nitrogens is 1. The van der Waals surface area contributed by atoms with Crippen molar-refractivity contribution in [1.82, 2.24) is 4.98 Å². The fourth-order valence-corrected chi connectivity index (χ4v) is 2.15. The molecular formula is C18H16N2O4. The molecule has 122 valence electrons. The van der Waals surface area contributed by atoms with Crippen molar-refractivity contribution in [3.05, 3.63) is 61.0 Å². The van der Waals surface area contributed by atoms with Crippen molar-refractivity contribution in [3.8, 4) is 23.0 Å². The van der Waals surface area contributed by atoms with Crippen molar-refractivity contribution in [1.29, 1.82) is 0 Å². The van der Waals surface area contributed by atoms with E-state index in [0.29, 0.717) is 35.2 Å². The second-order valence-corrected chi connectivity index (χ2v) is 4.81. The van der Waals surface area contributed by atoms with E-state index in [4.69, 9.17) is 13.9 Å². The topological polar surface area (TPSA) is 73.6 Å². The first kappa shape index (κ1) is 15.6. The van der Waals surface area contributed by atoms with Gasteiger partial charge in [0.2, 0.25) is 5.89 Å². The first-order chi connectivity index (χ1) is 11.8. The summed E-state index contributed by atoms with van der Waals surface area (Å²) >= 11 is 0. The predicted molar refractivity (Wildman–Crippen MR) is 89.2 cm³/mol. The van der Waals surface area contributed by atoms with Crippen molar-refractivity contribution in [2.24, 2.45) is 0 Å². The van der Waals surface area contributed by atoms with E-state index >= 15 is 0 Å². The average molecular weight is 324 g/mol. The molecule has 0 aliphatic carbocycles. The minimum absolute atomic E-state index is 0.381. The molecule has 0 aliphatic rings. The lowest BCUT2D eigenvalue weighted by molar-refractivity contribution is 0.215. The molecular weight excluding hydrogens is 308 g/mol. The third-order valence-electron chi connectivity index (χ3n) is 3.16. The molecule has 3 aromatic rings. The Hall–Kier alpha value is -3.28. The fraction of sp³-hybridized carbons (Fsp3) is 0.111. The lowest BCUT2D eigenvalue weighted by atomic mass is 10.1. The maximum atomic E-state index is 12.1. The second-order valence-electron chi connectivity index (χ2n) is 4.81. The van der Waals surface area contributed by atoms with Gasteiger partial charge in [-0.25, -0.2) is 9.78 Å². The number of anilines is 1. The summed E-state index contributed by atoms with van der Waals surface area (Å²) in [6.07, 6.45) is 2.40. The molecule has 0 aliphatic heterocycles. The number of carbonyl (C=O) groups excluding carboxylic acids is 1. The Bertz CT molecular complexity index is 801. The van der Waals surface area contributed by atoms with Crippen LogP contribution in [-0.4, -0.2) is 17.7 Å². The number of nitrogens with one attached hydrogen (secondary N) is 1. The van der Waals surface area contributed by atoms with Gasteiger partial charge in [-0.2, -0.15) is 0 Å². The van der Waals surface area contributed by atoms with E-state index in [9.17, 15) is 4.79 Å². The molecule has 0 atom stereocenters. The smallest absolute Gasteiger partial charge is 0.417 e. The zero-order valence-corrected chi connectivity index (χ0v) is 13.1. The summed E-state index contributed by atoms with van der Waals surface area (Å²) in [5.74, 6) is 1.50. The Kier molecular flexibility index (Phi) is 4.76. The summed E-state index contributed by atoms with van der Waals surface area (Å²) in [5, 5.41) is 2.70. The number of para-hydroxylation sites is 1. The number of amides is 1. The number of benzene rings is 2. The van der Waals surface area contributed by atoms with E-state index < -0.39 is 6.09 Å².